The molecule has 0 spiro atoms. The van der Waals surface area contributed by atoms with Crippen LogP contribution < -0.4 is 5.73 Å². The average Bonchev–Trinajstić information content (AvgIpc) is 2.35. The van der Waals surface area contributed by atoms with Crippen molar-refractivity contribution in [3.05, 3.63) is 35.9 Å². The lowest BCUT2D eigenvalue weighted by atomic mass is 10.0. The third kappa shape index (κ3) is 4.46. The Morgan fingerprint density at radius 3 is 2.18 bits per heavy atom. The Kier molecular flexibility index (Phi) is 5.62. The van der Waals surface area contributed by atoms with Crippen LogP contribution in [0.15, 0.2) is 30.3 Å². The standard InChI is InChI=1S/C14H25N3/c1-12(17(4)11-10-16(2)3)14(15)13-8-6-5-7-9-13/h5-9,12,14H,10-11,15H2,1-4H3/t12-,14-/m0/s1. The Morgan fingerprint density at radius 2 is 1.65 bits per heavy atom. The number of nitrogens with two attached hydrogens (primary N) is 1. The third-order valence-electron chi connectivity index (χ3n) is 3.30. The van der Waals surface area contributed by atoms with Crippen molar-refractivity contribution in [1.29, 1.82) is 0 Å². The summed E-state index contributed by atoms with van der Waals surface area (Å²) in [5.41, 5.74) is 7.50. The van der Waals surface area contributed by atoms with Gasteiger partial charge in [-0.25, -0.2) is 0 Å². The van der Waals surface area contributed by atoms with Crippen LogP contribution in [0.3, 0.4) is 0 Å². The van der Waals surface area contributed by atoms with Gasteiger partial charge in [0.15, 0.2) is 0 Å². The molecule has 0 aliphatic carbocycles. The Morgan fingerprint density at radius 1 is 1.06 bits per heavy atom. The summed E-state index contributed by atoms with van der Waals surface area (Å²) in [6, 6.07) is 10.7. The van der Waals surface area contributed by atoms with Crippen molar-refractivity contribution in [2.45, 2.75) is 19.0 Å². The number of hydrogen-bond donors (Lipinski definition) is 1. The zero-order valence-electron chi connectivity index (χ0n) is 11.4. The van der Waals surface area contributed by atoms with E-state index in [-0.39, 0.29) is 6.04 Å². The van der Waals surface area contributed by atoms with Crippen LogP contribution in [0, 0.1) is 0 Å². The van der Waals surface area contributed by atoms with Crippen molar-refractivity contribution in [3.8, 4) is 0 Å². The summed E-state index contributed by atoms with van der Waals surface area (Å²) < 4.78 is 0. The molecule has 0 aliphatic rings. The van der Waals surface area contributed by atoms with E-state index in [0.717, 1.165) is 13.1 Å². The highest BCUT2D eigenvalue weighted by Crippen LogP contribution is 2.16. The minimum absolute atomic E-state index is 0.0726. The van der Waals surface area contributed by atoms with Crippen LogP contribution in [-0.4, -0.2) is 50.1 Å². The van der Waals surface area contributed by atoms with Crippen LogP contribution in [-0.2, 0) is 0 Å². The lowest BCUT2D eigenvalue weighted by Gasteiger charge is -2.30. The molecule has 0 aromatic heterocycles. The maximum atomic E-state index is 6.29. The summed E-state index contributed by atoms with van der Waals surface area (Å²) in [6.45, 7) is 4.28. The first-order valence-corrected chi connectivity index (χ1v) is 6.18. The molecule has 1 rings (SSSR count). The van der Waals surface area contributed by atoms with Crippen molar-refractivity contribution in [3.63, 3.8) is 0 Å². The van der Waals surface area contributed by atoms with E-state index in [0.29, 0.717) is 6.04 Å². The highest BCUT2D eigenvalue weighted by atomic mass is 15.2. The minimum atomic E-state index is 0.0726. The first-order chi connectivity index (χ1) is 8.02. The van der Waals surface area contributed by atoms with Crippen LogP contribution in [0.2, 0.25) is 0 Å². The highest BCUT2D eigenvalue weighted by Gasteiger charge is 2.18. The van der Waals surface area contributed by atoms with Crippen LogP contribution >= 0.6 is 0 Å². The van der Waals surface area contributed by atoms with E-state index in [1.54, 1.807) is 0 Å². The van der Waals surface area contributed by atoms with Gasteiger partial charge in [0.1, 0.15) is 0 Å². The Bertz CT molecular complexity index is 311. The van der Waals surface area contributed by atoms with Gasteiger partial charge in [-0.3, -0.25) is 0 Å². The number of rotatable bonds is 6. The minimum Gasteiger partial charge on any atom is -0.323 e. The molecule has 0 fully saturated rings. The second-order valence-electron chi connectivity index (χ2n) is 4.96. The molecular weight excluding hydrogens is 210 g/mol. The van der Waals surface area contributed by atoms with Gasteiger partial charge in [-0.15, -0.1) is 0 Å². The number of likely N-dealkylation sites (N-methyl/N-ethyl adjacent to an activating group) is 2. The molecule has 0 saturated heterocycles. The fraction of sp³-hybridized carbons (Fsp3) is 0.571. The Labute approximate surface area is 105 Å². The molecule has 17 heavy (non-hydrogen) atoms. The van der Waals surface area contributed by atoms with Gasteiger partial charge in [-0.05, 0) is 33.6 Å². The summed E-state index contributed by atoms with van der Waals surface area (Å²) >= 11 is 0. The Balaban J connectivity index is 2.54. The van der Waals surface area contributed by atoms with Gasteiger partial charge in [0.25, 0.3) is 0 Å². The third-order valence-corrected chi connectivity index (χ3v) is 3.30. The van der Waals surface area contributed by atoms with Crippen LogP contribution in [0.4, 0.5) is 0 Å². The van der Waals surface area contributed by atoms with Crippen molar-refractivity contribution in [1.82, 2.24) is 9.80 Å². The fourth-order valence-electron chi connectivity index (χ4n) is 1.79. The molecule has 2 atom stereocenters. The number of benzene rings is 1. The topological polar surface area (TPSA) is 32.5 Å². The normalized spacial score (nSPS) is 15.2. The van der Waals surface area contributed by atoms with Gasteiger partial charge >= 0.3 is 0 Å². The lowest BCUT2D eigenvalue weighted by Crippen LogP contribution is -2.41. The molecule has 0 bridgehead atoms. The number of hydrogen-bond acceptors (Lipinski definition) is 3. The molecule has 0 aliphatic heterocycles. The zero-order valence-corrected chi connectivity index (χ0v) is 11.4. The monoisotopic (exact) mass is 235 g/mol. The molecule has 0 amide bonds. The van der Waals surface area contributed by atoms with E-state index < -0.39 is 0 Å². The van der Waals surface area contributed by atoms with Crippen molar-refractivity contribution in [2.24, 2.45) is 5.73 Å². The predicted molar refractivity (Wildman–Crippen MR) is 74.0 cm³/mol. The van der Waals surface area contributed by atoms with E-state index in [2.05, 4.69) is 50.0 Å². The molecule has 0 heterocycles. The summed E-state index contributed by atoms with van der Waals surface area (Å²) in [6.07, 6.45) is 0. The quantitative estimate of drug-likeness (QED) is 0.812. The molecule has 2 N–H and O–H groups in total. The second-order valence-corrected chi connectivity index (χ2v) is 4.96. The molecule has 96 valence electrons. The molecular formula is C14H25N3. The first kappa shape index (κ1) is 14.2. The van der Waals surface area contributed by atoms with Gasteiger partial charge in [0.05, 0.1) is 0 Å². The predicted octanol–water partition coefficient (Wildman–Crippen LogP) is 1.57. The lowest BCUT2D eigenvalue weighted by molar-refractivity contribution is 0.205. The number of nitrogens with zero attached hydrogens (tertiary/aromatic N) is 2. The Hall–Kier alpha value is -0.900. The van der Waals surface area contributed by atoms with E-state index in [4.69, 9.17) is 5.73 Å². The SMILES string of the molecule is C[C@@H]([C@H](N)c1ccccc1)N(C)CCN(C)C. The van der Waals surface area contributed by atoms with Gasteiger partial charge in [-0.1, -0.05) is 30.3 Å². The van der Waals surface area contributed by atoms with Crippen molar-refractivity contribution >= 4 is 0 Å². The largest absolute Gasteiger partial charge is 0.323 e. The van der Waals surface area contributed by atoms with Gasteiger partial charge in [0.2, 0.25) is 0 Å². The maximum Gasteiger partial charge on any atom is 0.0450 e. The van der Waals surface area contributed by atoms with Crippen molar-refractivity contribution < 1.29 is 0 Å². The van der Waals surface area contributed by atoms with Gasteiger partial charge < -0.3 is 15.5 Å². The molecule has 0 saturated carbocycles. The summed E-state index contributed by atoms with van der Waals surface area (Å²) in [5.74, 6) is 0. The maximum absolute atomic E-state index is 6.29. The van der Waals surface area contributed by atoms with Crippen LogP contribution in [0.5, 0.6) is 0 Å². The zero-order chi connectivity index (χ0) is 12.8. The van der Waals surface area contributed by atoms with E-state index in [9.17, 15) is 0 Å². The summed E-state index contributed by atoms with van der Waals surface area (Å²) in [7, 11) is 6.32. The molecule has 3 heteroatoms. The van der Waals surface area contributed by atoms with Crippen molar-refractivity contribution in [2.75, 3.05) is 34.2 Å². The van der Waals surface area contributed by atoms with Crippen LogP contribution in [0.25, 0.3) is 0 Å². The van der Waals surface area contributed by atoms with Gasteiger partial charge in [-0.2, -0.15) is 0 Å². The molecule has 0 unspecified atom stereocenters. The first-order valence-electron chi connectivity index (χ1n) is 6.18. The van der Waals surface area contributed by atoms with E-state index in [1.807, 2.05) is 18.2 Å². The molecule has 3 nitrogen and oxygen atoms in total. The molecule has 0 radical (unpaired) electrons. The highest BCUT2D eigenvalue weighted by molar-refractivity contribution is 5.19. The fourth-order valence-corrected chi connectivity index (χ4v) is 1.79. The second kappa shape index (κ2) is 6.74. The average molecular weight is 235 g/mol. The summed E-state index contributed by atoms with van der Waals surface area (Å²) in [4.78, 5) is 4.51. The van der Waals surface area contributed by atoms with Crippen LogP contribution in [0.1, 0.15) is 18.5 Å². The molecule has 1 aromatic rings. The van der Waals surface area contributed by atoms with E-state index >= 15 is 0 Å². The summed E-state index contributed by atoms with van der Waals surface area (Å²) in [5, 5.41) is 0. The van der Waals surface area contributed by atoms with Gasteiger partial charge in [0, 0.05) is 25.2 Å². The van der Waals surface area contributed by atoms with E-state index in [1.165, 1.54) is 5.56 Å². The smallest absolute Gasteiger partial charge is 0.0450 e. The molecule has 1 aromatic carbocycles.